The number of aliphatic hydroxyl groups is 1. The summed E-state index contributed by atoms with van der Waals surface area (Å²) in [5, 5.41) is 13.8. The molecule has 1 fully saturated rings. The molecule has 1 saturated carbocycles. The number of hydrogen-bond acceptors (Lipinski definition) is 3. The average molecular weight is 284 g/mol. The van der Waals surface area contributed by atoms with Crippen molar-refractivity contribution in [2.24, 2.45) is 5.41 Å². The van der Waals surface area contributed by atoms with Gasteiger partial charge in [-0.05, 0) is 25.0 Å². The SMILES string of the molecule is COc1ccc(Cl)c(NCC2(CO)CCCCC2)c1. The molecule has 0 bridgehead atoms. The van der Waals surface area contributed by atoms with Crippen LogP contribution in [0.25, 0.3) is 0 Å². The Morgan fingerprint density at radius 2 is 2.05 bits per heavy atom. The van der Waals surface area contributed by atoms with Gasteiger partial charge in [-0.25, -0.2) is 0 Å². The van der Waals surface area contributed by atoms with Gasteiger partial charge in [-0.1, -0.05) is 30.9 Å². The zero-order valence-corrected chi connectivity index (χ0v) is 12.2. The van der Waals surface area contributed by atoms with Crippen LogP contribution in [0.5, 0.6) is 5.75 Å². The van der Waals surface area contributed by atoms with Crippen LogP contribution in [0.2, 0.25) is 5.02 Å². The maximum absolute atomic E-state index is 9.69. The van der Waals surface area contributed by atoms with E-state index in [0.717, 1.165) is 30.8 Å². The van der Waals surface area contributed by atoms with E-state index in [1.165, 1.54) is 19.3 Å². The number of hydrogen-bond donors (Lipinski definition) is 2. The molecular formula is C15H22ClNO2. The number of aliphatic hydroxyl groups excluding tert-OH is 1. The molecule has 3 nitrogen and oxygen atoms in total. The summed E-state index contributed by atoms with van der Waals surface area (Å²) in [7, 11) is 1.64. The second-order valence-corrected chi connectivity index (χ2v) is 5.83. The fourth-order valence-electron chi connectivity index (χ4n) is 2.74. The van der Waals surface area contributed by atoms with Gasteiger partial charge in [-0.2, -0.15) is 0 Å². The molecule has 0 aromatic heterocycles. The summed E-state index contributed by atoms with van der Waals surface area (Å²) in [4.78, 5) is 0. The fourth-order valence-corrected chi connectivity index (χ4v) is 2.93. The van der Waals surface area contributed by atoms with Crippen LogP contribution < -0.4 is 10.1 Å². The summed E-state index contributed by atoms with van der Waals surface area (Å²) in [6, 6.07) is 5.57. The molecule has 0 heterocycles. The summed E-state index contributed by atoms with van der Waals surface area (Å²) in [6.45, 7) is 0.998. The number of anilines is 1. The highest BCUT2D eigenvalue weighted by molar-refractivity contribution is 6.33. The molecule has 1 aromatic rings. The van der Waals surface area contributed by atoms with E-state index in [-0.39, 0.29) is 12.0 Å². The molecule has 4 heteroatoms. The quantitative estimate of drug-likeness (QED) is 0.866. The van der Waals surface area contributed by atoms with Crippen LogP contribution in [0.15, 0.2) is 18.2 Å². The van der Waals surface area contributed by atoms with Crippen molar-refractivity contribution >= 4 is 17.3 Å². The minimum absolute atomic E-state index is 0.00462. The van der Waals surface area contributed by atoms with E-state index < -0.39 is 0 Å². The van der Waals surface area contributed by atoms with Crippen LogP contribution in [0, 0.1) is 5.41 Å². The van der Waals surface area contributed by atoms with Crippen molar-refractivity contribution in [1.29, 1.82) is 0 Å². The Morgan fingerprint density at radius 3 is 2.68 bits per heavy atom. The number of nitrogens with one attached hydrogen (secondary N) is 1. The molecular weight excluding hydrogens is 262 g/mol. The summed E-state index contributed by atoms with van der Waals surface area (Å²) >= 11 is 6.18. The molecule has 2 rings (SSSR count). The van der Waals surface area contributed by atoms with Crippen LogP contribution in [0.1, 0.15) is 32.1 Å². The highest BCUT2D eigenvalue weighted by atomic mass is 35.5. The van der Waals surface area contributed by atoms with Crippen LogP contribution in [-0.2, 0) is 0 Å². The second-order valence-electron chi connectivity index (χ2n) is 5.42. The van der Waals surface area contributed by atoms with E-state index in [1.807, 2.05) is 18.2 Å². The van der Waals surface area contributed by atoms with Crippen molar-refractivity contribution in [3.8, 4) is 5.75 Å². The van der Waals surface area contributed by atoms with Gasteiger partial charge in [0.15, 0.2) is 0 Å². The van der Waals surface area contributed by atoms with Crippen LogP contribution in [0.3, 0.4) is 0 Å². The highest BCUT2D eigenvalue weighted by Crippen LogP contribution is 2.37. The molecule has 1 aliphatic carbocycles. The number of benzene rings is 1. The van der Waals surface area contributed by atoms with E-state index >= 15 is 0 Å². The summed E-state index contributed by atoms with van der Waals surface area (Å²) < 4.78 is 5.21. The molecule has 0 radical (unpaired) electrons. The van der Waals surface area contributed by atoms with Gasteiger partial charge < -0.3 is 15.2 Å². The topological polar surface area (TPSA) is 41.5 Å². The summed E-state index contributed by atoms with van der Waals surface area (Å²) in [6.07, 6.45) is 5.85. The zero-order chi connectivity index (χ0) is 13.7. The van der Waals surface area contributed by atoms with Gasteiger partial charge in [0.2, 0.25) is 0 Å². The van der Waals surface area contributed by atoms with Gasteiger partial charge in [0, 0.05) is 18.0 Å². The molecule has 106 valence electrons. The first-order valence-corrected chi connectivity index (χ1v) is 7.25. The van der Waals surface area contributed by atoms with Gasteiger partial charge in [-0.15, -0.1) is 0 Å². The Hall–Kier alpha value is -0.930. The highest BCUT2D eigenvalue weighted by Gasteiger charge is 2.31. The molecule has 2 N–H and O–H groups in total. The number of methoxy groups -OCH3 is 1. The van der Waals surface area contributed by atoms with Gasteiger partial charge in [-0.3, -0.25) is 0 Å². The molecule has 0 spiro atoms. The van der Waals surface area contributed by atoms with Crippen molar-refractivity contribution in [2.45, 2.75) is 32.1 Å². The first-order chi connectivity index (χ1) is 9.19. The third-order valence-corrected chi connectivity index (χ3v) is 4.41. The third-order valence-electron chi connectivity index (χ3n) is 4.08. The molecule has 1 aliphatic rings. The van der Waals surface area contributed by atoms with Crippen molar-refractivity contribution in [3.05, 3.63) is 23.2 Å². The lowest BCUT2D eigenvalue weighted by atomic mass is 9.74. The lowest BCUT2D eigenvalue weighted by molar-refractivity contribution is 0.0944. The Morgan fingerprint density at radius 1 is 1.32 bits per heavy atom. The fraction of sp³-hybridized carbons (Fsp3) is 0.600. The van der Waals surface area contributed by atoms with Crippen molar-refractivity contribution in [3.63, 3.8) is 0 Å². The normalized spacial score (nSPS) is 18.1. The lowest BCUT2D eigenvalue weighted by Crippen LogP contribution is -2.35. The first kappa shape index (κ1) is 14.5. The number of halogens is 1. The van der Waals surface area contributed by atoms with Crippen LogP contribution in [-0.4, -0.2) is 25.4 Å². The van der Waals surface area contributed by atoms with E-state index in [2.05, 4.69) is 5.32 Å². The Bertz CT molecular complexity index is 417. The number of ether oxygens (including phenoxy) is 1. The molecule has 0 amide bonds. The largest absolute Gasteiger partial charge is 0.497 e. The van der Waals surface area contributed by atoms with E-state index in [0.29, 0.717) is 5.02 Å². The first-order valence-electron chi connectivity index (χ1n) is 6.87. The predicted molar refractivity (Wildman–Crippen MR) is 79.1 cm³/mol. The molecule has 0 unspecified atom stereocenters. The molecule has 0 atom stereocenters. The molecule has 0 saturated heterocycles. The number of rotatable bonds is 5. The summed E-state index contributed by atoms with van der Waals surface area (Å²) in [5.74, 6) is 0.786. The van der Waals surface area contributed by atoms with Gasteiger partial charge in [0.1, 0.15) is 5.75 Å². The van der Waals surface area contributed by atoms with Gasteiger partial charge in [0.25, 0.3) is 0 Å². The van der Waals surface area contributed by atoms with Gasteiger partial charge >= 0.3 is 0 Å². The Balaban J connectivity index is 2.04. The standard InChI is InChI=1S/C15H22ClNO2/c1-19-12-5-6-13(16)14(9-12)17-10-15(11-18)7-3-2-4-8-15/h5-6,9,17-18H,2-4,7-8,10-11H2,1H3. The van der Waals surface area contributed by atoms with Crippen LogP contribution in [0.4, 0.5) is 5.69 Å². The minimum atomic E-state index is 0.00462. The van der Waals surface area contributed by atoms with E-state index in [9.17, 15) is 5.11 Å². The lowest BCUT2D eigenvalue weighted by Gasteiger charge is -2.36. The average Bonchev–Trinajstić information content (AvgIpc) is 2.47. The van der Waals surface area contributed by atoms with Crippen molar-refractivity contribution < 1.29 is 9.84 Å². The monoisotopic (exact) mass is 283 g/mol. The van der Waals surface area contributed by atoms with Gasteiger partial charge in [0.05, 0.1) is 24.4 Å². The minimum Gasteiger partial charge on any atom is -0.497 e. The molecule has 19 heavy (non-hydrogen) atoms. The molecule has 1 aromatic carbocycles. The zero-order valence-electron chi connectivity index (χ0n) is 11.4. The smallest absolute Gasteiger partial charge is 0.121 e. The van der Waals surface area contributed by atoms with E-state index in [4.69, 9.17) is 16.3 Å². The maximum atomic E-state index is 9.69. The van der Waals surface area contributed by atoms with Crippen molar-refractivity contribution in [1.82, 2.24) is 0 Å². The van der Waals surface area contributed by atoms with Crippen LogP contribution >= 0.6 is 11.6 Å². The predicted octanol–water partition coefficient (Wildman–Crippen LogP) is 3.70. The van der Waals surface area contributed by atoms with Crippen molar-refractivity contribution in [2.75, 3.05) is 25.6 Å². The second kappa shape index (κ2) is 6.49. The Kier molecular flexibility index (Phi) is 4.94. The van der Waals surface area contributed by atoms with E-state index in [1.54, 1.807) is 7.11 Å². The third kappa shape index (κ3) is 3.54. The maximum Gasteiger partial charge on any atom is 0.121 e. The summed E-state index contributed by atoms with van der Waals surface area (Å²) in [5.41, 5.74) is 0.879. The Labute approximate surface area is 119 Å². The molecule has 0 aliphatic heterocycles.